The van der Waals surface area contributed by atoms with Gasteiger partial charge in [0.15, 0.2) is 0 Å². The molecule has 1 aliphatic rings. The standard InChI is InChI=1S/C14H19NO4/c1-18-11-5-2-4-10(8-11)12(16)9-15-14(17)13-6-3-7-19-13/h2,4-5,8,12-13,16H,3,6-7,9H2,1H3,(H,15,17)/t12-,13+/m1/s1. The zero-order valence-corrected chi connectivity index (χ0v) is 11.0. The highest BCUT2D eigenvalue weighted by atomic mass is 16.5. The lowest BCUT2D eigenvalue weighted by molar-refractivity contribution is -0.130. The van der Waals surface area contributed by atoms with E-state index >= 15 is 0 Å². The van der Waals surface area contributed by atoms with E-state index in [1.165, 1.54) is 0 Å². The molecule has 2 atom stereocenters. The number of methoxy groups -OCH3 is 1. The third-order valence-electron chi connectivity index (χ3n) is 3.17. The van der Waals surface area contributed by atoms with Gasteiger partial charge >= 0.3 is 0 Å². The Morgan fingerprint density at radius 2 is 2.47 bits per heavy atom. The predicted octanol–water partition coefficient (Wildman–Crippen LogP) is 1.02. The average Bonchev–Trinajstić information content (AvgIpc) is 2.98. The van der Waals surface area contributed by atoms with Crippen LogP contribution in [0.3, 0.4) is 0 Å². The summed E-state index contributed by atoms with van der Waals surface area (Å²) in [7, 11) is 1.57. The largest absolute Gasteiger partial charge is 0.497 e. The summed E-state index contributed by atoms with van der Waals surface area (Å²) in [6, 6.07) is 7.16. The Morgan fingerprint density at radius 1 is 1.63 bits per heavy atom. The Labute approximate surface area is 112 Å². The number of nitrogens with one attached hydrogen (secondary N) is 1. The van der Waals surface area contributed by atoms with Gasteiger partial charge in [-0.1, -0.05) is 12.1 Å². The first-order chi connectivity index (χ1) is 9.20. The second kappa shape index (κ2) is 6.54. The zero-order valence-electron chi connectivity index (χ0n) is 11.0. The van der Waals surface area contributed by atoms with E-state index in [4.69, 9.17) is 9.47 Å². The molecule has 5 heteroatoms. The van der Waals surface area contributed by atoms with E-state index in [9.17, 15) is 9.90 Å². The van der Waals surface area contributed by atoms with Gasteiger partial charge in [0.05, 0.1) is 13.2 Å². The Balaban J connectivity index is 1.86. The summed E-state index contributed by atoms with van der Waals surface area (Å²) in [6.07, 6.45) is 0.551. The highest BCUT2D eigenvalue weighted by Crippen LogP contribution is 2.19. The van der Waals surface area contributed by atoms with Crippen molar-refractivity contribution in [2.24, 2.45) is 0 Å². The number of carbonyl (C=O) groups is 1. The molecule has 1 fully saturated rings. The summed E-state index contributed by atoms with van der Waals surface area (Å²) in [5.41, 5.74) is 0.715. The van der Waals surface area contributed by atoms with E-state index in [1.54, 1.807) is 31.4 Å². The number of aliphatic hydroxyl groups excluding tert-OH is 1. The van der Waals surface area contributed by atoms with Crippen LogP contribution in [-0.4, -0.2) is 37.4 Å². The van der Waals surface area contributed by atoms with Crippen molar-refractivity contribution in [3.63, 3.8) is 0 Å². The van der Waals surface area contributed by atoms with Gasteiger partial charge in [-0.25, -0.2) is 0 Å². The summed E-state index contributed by atoms with van der Waals surface area (Å²) >= 11 is 0. The molecule has 2 rings (SSSR count). The minimum absolute atomic E-state index is 0.153. The fourth-order valence-electron chi connectivity index (χ4n) is 2.06. The molecule has 1 saturated heterocycles. The maximum absolute atomic E-state index is 11.7. The van der Waals surface area contributed by atoms with E-state index in [1.807, 2.05) is 0 Å². The van der Waals surface area contributed by atoms with Gasteiger partial charge < -0.3 is 19.9 Å². The van der Waals surface area contributed by atoms with Gasteiger partial charge in [0, 0.05) is 13.2 Å². The lowest BCUT2D eigenvalue weighted by Gasteiger charge is -2.15. The van der Waals surface area contributed by atoms with Gasteiger partial charge in [-0.15, -0.1) is 0 Å². The van der Waals surface area contributed by atoms with E-state index < -0.39 is 6.10 Å². The lowest BCUT2D eigenvalue weighted by Crippen LogP contribution is -2.36. The maximum Gasteiger partial charge on any atom is 0.249 e. The molecule has 19 heavy (non-hydrogen) atoms. The molecule has 0 spiro atoms. The molecule has 0 aliphatic carbocycles. The van der Waals surface area contributed by atoms with Gasteiger partial charge in [0.2, 0.25) is 5.91 Å². The number of hydrogen-bond acceptors (Lipinski definition) is 4. The van der Waals surface area contributed by atoms with Crippen molar-refractivity contribution in [3.8, 4) is 5.75 Å². The second-order valence-electron chi connectivity index (χ2n) is 4.54. The van der Waals surface area contributed by atoms with E-state index in [-0.39, 0.29) is 18.6 Å². The van der Waals surface area contributed by atoms with Crippen LogP contribution in [0.2, 0.25) is 0 Å². The van der Waals surface area contributed by atoms with Gasteiger partial charge in [-0.2, -0.15) is 0 Å². The van der Waals surface area contributed by atoms with Crippen molar-refractivity contribution in [3.05, 3.63) is 29.8 Å². The predicted molar refractivity (Wildman–Crippen MR) is 69.9 cm³/mol. The van der Waals surface area contributed by atoms with E-state index in [2.05, 4.69) is 5.32 Å². The van der Waals surface area contributed by atoms with Crippen molar-refractivity contribution >= 4 is 5.91 Å². The first-order valence-corrected chi connectivity index (χ1v) is 6.42. The van der Waals surface area contributed by atoms with Gasteiger partial charge in [0.1, 0.15) is 11.9 Å². The molecule has 1 aromatic carbocycles. The van der Waals surface area contributed by atoms with Gasteiger partial charge in [0.25, 0.3) is 0 Å². The molecule has 1 aromatic rings. The molecule has 2 N–H and O–H groups in total. The topological polar surface area (TPSA) is 67.8 Å². The number of hydrogen-bond donors (Lipinski definition) is 2. The van der Waals surface area contributed by atoms with Crippen LogP contribution in [0.1, 0.15) is 24.5 Å². The van der Waals surface area contributed by atoms with Crippen LogP contribution < -0.4 is 10.1 Å². The smallest absolute Gasteiger partial charge is 0.249 e. The van der Waals surface area contributed by atoms with E-state index in [0.717, 1.165) is 12.8 Å². The fraction of sp³-hybridized carbons (Fsp3) is 0.500. The average molecular weight is 265 g/mol. The molecule has 0 unspecified atom stereocenters. The Morgan fingerprint density at radius 3 is 3.16 bits per heavy atom. The molecule has 0 radical (unpaired) electrons. The molecular formula is C14H19NO4. The first kappa shape index (κ1) is 13.8. The summed E-state index contributed by atoms with van der Waals surface area (Å²) in [4.78, 5) is 11.7. The van der Waals surface area contributed by atoms with Crippen LogP contribution >= 0.6 is 0 Å². The monoisotopic (exact) mass is 265 g/mol. The molecule has 0 saturated carbocycles. The van der Waals surface area contributed by atoms with Crippen molar-refractivity contribution in [2.75, 3.05) is 20.3 Å². The number of ether oxygens (including phenoxy) is 2. The molecular weight excluding hydrogens is 246 g/mol. The third-order valence-corrected chi connectivity index (χ3v) is 3.17. The quantitative estimate of drug-likeness (QED) is 0.834. The van der Waals surface area contributed by atoms with Crippen LogP contribution in [0.15, 0.2) is 24.3 Å². The maximum atomic E-state index is 11.7. The van der Waals surface area contributed by atoms with Crippen molar-refractivity contribution in [1.82, 2.24) is 5.32 Å². The second-order valence-corrected chi connectivity index (χ2v) is 4.54. The Hall–Kier alpha value is -1.59. The fourth-order valence-corrected chi connectivity index (χ4v) is 2.06. The van der Waals surface area contributed by atoms with E-state index in [0.29, 0.717) is 17.9 Å². The number of aliphatic hydroxyl groups is 1. The van der Waals surface area contributed by atoms with Crippen LogP contribution in [0.5, 0.6) is 5.75 Å². The SMILES string of the molecule is COc1cccc([C@H](O)CNC(=O)[C@@H]2CCCO2)c1. The van der Waals surface area contributed by atoms with Crippen LogP contribution in [0, 0.1) is 0 Å². The molecule has 104 valence electrons. The van der Waals surface area contributed by atoms with Crippen molar-refractivity contribution in [1.29, 1.82) is 0 Å². The Bertz CT molecular complexity index is 429. The third kappa shape index (κ3) is 3.68. The number of amides is 1. The van der Waals surface area contributed by atoms with Crippen LogP contribution in [0.4, 0.5) is 0 Å². The minimum Gasteiger partial charge on any atom is -0.497 e. The summed E-state index contributed by atoms with van der Waals surface area (Å²) in [5.74, 6) is 0.529. The summed E-state index contributed by atoms with van der Waals surface area (Å²) in [5, 5.41) is 12.7. The number of benzene rings is 1. The lowest BCUT2D eigenvalue weighted by atomic mass is 10.1. The Kier molecular flexibility index (Phi) is 4.76. The van der Waals surface area contributed by atoms with Crippen LogP contribution in [-0.2, 0) is 9.53 Å². The molecule has 1 heterocycles. The number of carbonyl (C=O) groups excluding carboxylic acids is 1. The molecule has 0 bridgehead atoms. The minimum atomic E-state index is -0.750. The zero-order chi connectivity index (χ0) is 13.7. The molecule has 1 amide bonds. The summed E-state index contributed by atoms with van der Waals surface area (Å²) in [6.45, 7) is 0.808. The highest BCUT2D eigenvalue weighted by Gasteiger charge is 2.23. The normalized spacial score (nSPS) is 20.0. The molecule has 0 aromatic heterocycles. The molecule has 1 aliphatic heterocycles. The molecule has 5 nitrogen and oxygen atoms in total. The van der Waals surface area contributed by atoms with Crippen molar-refractivity contribution < 1.29 is 19.4 Å². The van der Waals surface area contributed by atoms with Gasteiger partial charge in [-0.05, 0) is 30.5 Å². The van der Waals surface area contributed by atoms with Gasteiger partial charge in [-0.3, -0.25) is 4.79 Å². The highest BCUT2D eigenvalue weighted by molar-refractivity contribution is 5.80. The van der Waals surface area contributed by atoms with Crippen molar-refractivity contribution in [2.45, 2.75) is 25.0 Å². The summed E-state index contributed by atoms with van der Waals surface area (Å²) < 4.78 is 10.4. The first-order valence-electron chi connectivity index (χ1n) is 6.42. The van der Waals surface area contributed by atoms with Crippen LogP contribution in [0.25, 0.3) is 0 Å². The number of rotatable bonds is 5.